The molecule has 27 heavy (non-hydrogen) atoms. The molecule has 4 rings (SSSR count). The monoisotopic (exact) mass is 363 g/mol. The number of hydrogen-bond donors (Lipinski definition) is 1. The van der Waals surface area contributed by atoms with E-state index in [1.807, 2.05) is 25.1 Å². The van der Waals surface area contributed by atoms with E-state index in [0.29, 0.717) is 6.61 Å². The molecule has 0 spiro atoms. The molecule has 2 heterocycles. The molecular formula is C22H25N3O2. The summed E-state index contributed by atoms with van der Waals surface area (Å²) in [5, 5.41) is 7.87. The van der Waals surface area contributed by atoms with Crippen LogP contribution in [0.5, 0.6) is 11.5 Å². The topological polar surface area (TPSA) is 50.4 Å². The lowest BCUT2D eigenvalue weighted by Crippen LogP contribution is -2.30. The van der Waals surface area contributed by atoms with Gasteiger partial charge in [-0.3, -0.25) is 10.00 Å². The van der Waals surface area contributed by atoms with Crippen LogP contribution in [0.1, 0.15) is 23.7 Å². The van der Waals surface area contributed by atoms with Gasteiger partial charge in [-0.05, 0) is 24.6 Å². The predicted molar refractivity (Wildman–Crippen MR) is 106 cm³/mol. The summed E-state index contributed by atoms with van der Waals surface area (Å²) in [7, 11) is 1.68. The van der Waals surface area contributed by atoms with Crippen LogP contribution in [0.25, 0.3) is 11.3 Å². The van der Waals surface area contributed by atoms with Crippen LogP contribution in [0, 0.1) is 0 Å². The van der Waals surface area contributed by atoms with Crippen molar-refractivity contribution in [3.8, 4) is 22.8 Å². The van der Waals surface area contributed by atoms with Crippen molar-refractivity contribution in [2.45, 2.75) is 26.4 Å². The molecule has 5 nitrogen and oxygen atoms in total. The van der Waals surface area contributed by atoms with Crippen LogP contribution in [-0.2, 0) is 19.5 Å². The Morgan fingerprint density at radius 2 is 1.96 bits per heavy atom. The molecular weight excluding hydrogens is 338 g/mol. The third-order valence-electron chi connectivity index (χ3n) is 5.00. The van der Waals surface area contributed by atoms with Crippen molar-refractivity contribution in [2.24, 2.45) is 0 Å². The summed E-state index contributed by atoms with van der Waals surface area (Å²) in [6.45, 7) is 5.42. The number of aromatic nitrogens is 2. The number of benzene rings is 2. The van der Waals surface area contributed by atoms with Gasteiger partial charge in [-0.1, -0.05) is 36.4 Å². The number of H-pyrrole nitrogens is 1. The molecule has 0 atom stereocenters. The molecule has 1 aromatic heterocycles. The number of hydrogen-bond acceptors (Lipinski definition) is 4. The Morgan fingerprint density at radius 3 is 2.74 bits per heavy atom. The number of rotatable bonds is 6. The van der Waals surface area contributed by atoms with Gasteiger partial charge < -0.3 is 9.47 Å². The fourth-order valence-corrected chi connectivity index (χ4v) is 3.73. The fraction of sp³-hybridized carbons (Fsp3) is 0.318. The van der Waals surface area contributed by atoms with Crippen molar-refractivity contribution in [3.63, 3.8) is 0 Å². The van der Waals surface area contributed by atoms with Crippen LogP contribution in [0.15, 0.2) is 48.5 Å². The number of fused-ring (bicyclic) bond motifs is 1. The standard InChI is InChI=1S/C22H25N3O2/c1-3-27-20-11-7-10-17(22(20)26-2)21-18-15-25(13-12-19(18)23-24-21)14-16-8-5-4-6-9-16/h4-11H,3,12-15H2,1-2H3,(H,23,24). The number of para-hydroxylation sites is 1. The van der Waals surface area contributed by atoms with Crippen LogP contribution in [0.3, 0.4) is 0 Å². The molecule has 0 radical (unpaired) electrons. The lowest BCUT2D eigenvalue weighted by Gasteiger charge is -2.27. The first-order chi connectivity index (χ1) is 13.3. The van der Waals surface area contributed by atoms with Gasteiger partial charge in [0.25, 0.3) is 0 Å². The first kappa shape index (κ1) is 17.6. The summed E-state index contributed by atoms with van der Waals surface area (Å²) in [6, 6.07) is 16.6. The first-order valence-electron chi connectivity index (χ1n) is 9.42. The van der Waals surface area contributed by atoms with Crippen LogP contribution in [0.4, 0.5) is 0 Å². The second kappa shape index (κ2) is 7.84. The minimum Gasteiger partial charge on any atom is -0.492 e. The molecule has 0 fully saturated rings. The van der Waals surface area contributed by atoms with Crippen molar-refractivity contribution >= 4 is 0 Å². The largest absolute Gasteiger partial charge is 0.492 e. The summed E-state index contributed by atoms with van der Waals surface area (Å²) in [5.74, 6) is 1.50. The number of nitrogens with zero attached hydrogens (tertiary/aromatic N) is 2. The zero-order valence-corrected chi connectivity index (χ0v) is 15.9. The maximum atomic E-state index is 5.74. The Bertz CT molecular complexity index is 905. The van der Waals surface area contributed by atoms with E-state index in [1.165, 1.54) is 16.8 Å². The highest BCUT2D eigenvalue weighted by molar-refractivity contribution is 5.74. The minimum atomic E-state index is 0.601. The quantitative estimate of drug-likeness (QED) is 0.718. The number of ether oxygens (including phenoxy) is 2. The molecule has 2 aromatic carbocycles. The van der Waals surface area contributed by atoms with E-state index < -0.39 is 0 Å². The van der Waals surface area contributed by atoms with Crippen LogP contribution < -0.4 is 9.47 Å². The lowest BCUT2D eigenvalue weighted by molar-refractivity contribution is 0.245. The van der Waals surface area contributed by atoms with Gasteiger partial charge in [-0.15, -0.1) is 0 Å². The molecule has 1 aliphatic heterocycles. The molecule has 3 aromatic rings. The Hall–Kier alpha value is -2.79. The summed E-state index contributed by atoms with van der Waals surface area (Å²) in [5.41, 5.74) is 5.74. The van der Waals surface area contributed by atoms with Crippen molar-refractivity contribution in [3.05, 3.63) is 65.4 Å². The second-order valence-electron chi connectivity index (χ2n) is 6.75. The highest BCUT2D eigenvalue weighted by Gasteiger charge is 2.25. The van der Waals surface area contributed by atoms with Gasteiger partial charge >= 0.3 is 0 Å². The highest BCUT2D eigenvalue weighted by atomic mass is 16.5. The van der Waals surface area contributed by atoms with E-state index >= 15 is 0 Å². The van der Waals surface area contributed by atoms with E-state index in [-0.39, 0.29) is 0 Å². The van der Waals surface area contributed by atoms with Crippen LogP contribution in [-0.4, -0.2) is 35.4 Å². The summed E-state index contributed by atoms with van der Waals surface area (Å²) in [6.07, 6.45) is 0.975. The average molecular weight is 363 g/mol. The summed E-state index contributed by atoms with van der Waals surface area (Å²) in [4.78, 5) is 2.47. The van der Waals surface area contributed by atoms with Crippen molar-refractivity contribution in [1.82, 2.24) is 15.1 Å². The molecule has 1 aliphatic rings. The average Bonchev–Trinajstić information content (AvgIpc) is 3.12. The maximum absolute atomic E-state index is 5.74. The smallest absolute Gasteiger partial charge is 0.170 e. The Kier molecular flexibility index (Phi) is 5.12. The Morgan fingerprint density at radius 1 is 1.11 bits per heavy atom. The van der Waals surface area contributed by atoms with E-state index in [2.05, 4.69) is 45.4 Å². The van der Waals surface area contributed by atoms with E-state index in [4.69, 9.17) is 9.47 Å². The maximum Gasteiger partial charge on any atom is 0.170 e. The molecule has 0 amide bonds. The molecule has 0 unspecified atom stereocenters. The first-order valence-corrected chi connectivity index (χ1v) is 9.42. The highest BCUT2D eigenvalue weighted by Crippen LogP contribution is 2.40. The van der Waals surface area contributed by atoms with E-state index in [0.717, 1.165) is 48.8 Å². The molecule has 1 N–H and O–H groups in total. The van der Waals surface area contributed by atoms with Gasteiger partial charge in [0.1, 0.15) is 5.69 Å². The fourth-order valence-electron chi connectivity index (χ4n) is 3.73. The van der Waals surface area contributed by atoms with Crippen molar-refractivity contribution < 1.29 is 9.47 Å². The van der Waals surface area contributed by atoms with E-state index in [1.54, 1.807) is 7.11 Å². The number of methoxy groups -OCH3 is 1. The van der Waals surface area contributed by atoms with E-state index in [9.17, 15) is 0 Å². The Labute approximate surface area is 159 Å². The predicted octanol–water partition coefficient (Wildman–Crippen LogP) is 4.04. The van der Waals surface area contributed by atoms with Crippen molar-refractivity contribution in [2.75, 3.05) is 20.3 Å². The molecule has 0 saturated carbocycles. The van der Waals surface area contributed by atoms with Gasteiger partial charge in [0, 0.05) is 42.9 Å². The SMILES string of the molecule is CCOc1cccc(-c2n[nH]c3c2CN(Cc2ccccc2)CC3)c1OC. The van der Waals surface area contributed by atoms with Gasteiger partial charge in [-0.2, -0.15) is 5.10 Å². The van der Waals surface area contributed by atoms with Gasteiger partial charge in [-0.25, -0.2) is 0 Å². The van der Waals surface area contributed by atoms with Gasteiger partial charge in [0.05, 0.1) is 13.7 Å². The van der Waals surface area contributed by atoms with Gasteiger partial charge in [0.2, 0.25) is 0 Å². The van der Waals surface area contributed by atoms with Crippen LogP contribution >= 0.6 is 0 Å². The van der Waals surface area contributed by atoms with Gasteiger partial charge in [0.15, 0.2) is 11.5 Å². The third kappa shape index (κ3) is 3.55. The zero-order valence-electron chi connectivity index (χ0n) is 15.9. The minimum absolute atomic E-state index is 0.601. The molecule has 0 saturated heterocycles. The molecule has 5 heteroatoms. The zero-order chi connectivity index (χ0) is 18.6. The summed E-state index contributed by atoms with van der Waals surface area (Å²) < 4.78 is 11.4. The molecule has 0 aliphatic carbocycles. The second-order valence-corrected chi connectivity index (χ2v) is 6.75. The normalized spacial score (nSPS) is 14.0. The van der Waals surface area contributed by atoms with Crippen molar-refractivity contribution in [1.29, 1.82) is 0 Å². The summed E-state index contributed by atoms with van der Waals surface area (Å²) >= 11 is 0. The third-order valence-corrected chi connectivity index (χ3v) is 5.00. The number of aromatic amines is 1. The lowest BCUT2D eigenvalue weighted by atomic mass is 9.99. The molecule has 0 bridgehead atoms. The molecule has 140 valence electrons. The number of nitrogens with one attached hydrogen (secondary N) is 1. The van der Waals surface area contributed by atoms with Crippen LogP contribution in [0.2, 0.25) is 0 Å². The Balaban J connectivity index is 1.65.